The van der Waals surface area contributed by atoms with Crippen molar-refractivity contribution in [1.29, 1.82) is 0 Å². The van der Waals surface area contributed by atoms with E-state index in [-0.39, 0.29) is 26.2 Å². The fourth-order valence-electron chi connectivity index (χ4n) is 1.59. The fraction of sp³-hybridized carbons (Fsp3) is 1.00. The Bertz CT molecular complexity index is 615. The van der Waals surface area contributed by atoms with E-state index in [0.717, 1.165) is 14.9 Å². The van der Waals surface area contributed by atoms with Crippen LogP contribution in [0.1, 0.15) is 0 Å². The van der Waals surface area contributed by atoms with Crippen LogP contribution < -0.4 is 5.14 Å². The minimum Gasteiger partial charge on any atom is -0.229 e. The molecule has 0 radical (unpaired) electrons. The predicted molar refractivity (Wildman–Crippen MR) is 69.8 cm³/mol. The molecule has 0 aromatic carbocycles. The number of hydrogen-bond donors (Lipinski definition) is 1. The number of nitrogens with zero attached hydrogens (tertiary/aromatic N) is 2. The first-order chi connectivity index (χ1) is 8.42. The first-order valence-corrected chi connectivity index (χ1v) is 10.5. The van der Waals surface area contributed by atoms with Gasteiger partial charge in [0.15, 0.2) is 0 Å². The van der Waals surface area contributed by atoms with Gasteiger partial charge in [0, 0.05) is 32.4 Å². The van der Waals surface area contributed by atoms with Crippen LogP contribution in [0.15, 0.2) is 0 Å². The van der Waals surface area contributed by atoms with Crippen molar-refractivity contribution >= 4 is 30.1 Å². The van der Waals surface area contributed by atoms with Gasteiger partial charge in [0.1, 0.15) is 9.84 Å². The van der Waals surface area contributed by atoms with Crippen molar-refractivity contribution in [2.45, 2.75) is 0 Å². The Balaban J connectivity index is 2.65. The van der Waals surface area contributed by atoms with E-state index >= 15 is 0 Å². The summed E-state index contributed by atoms with van der Waals surface area (Å²) in [4.78, 5) is 0. The molecule has 1 aliphatic heterocycles. The van der Waals surface area contributed by atoms with Crippen molar-refractivity contribution in [3.63, 3.8) is 0 Å². The molecule has 0 aromatic heterocycles. The Hall–Kier alpha value is -0.270. The Morgan fingerprint density at radius 3 is 1.63 bits per heavy atom. The molecule has 19 heavy (non-hydrogen) atoms. The number of sulfone groups is 1. The molecule has 1 fully saturated rings. The van der Waals surface area contributed by atoms with Crippen LogP contribution in [0.3, 0.4) is 0 Å². The van der Waals surface area contributed by atoms with Crippen molar-refractivity contribution in [3.05, 3.63) is 0 Å². The van der Waals surface area contributed by atoms with Gasteiger partial charge < -0.3 is 0 Å². The predicted octanol–water partition coefficient (Wildman–Crippen LogP) is -2.82. The van der Waals surface area contributed by atoms with Gasteiger partial charge in [-0.2, -0.15) is 17.0 Å². The van der Waals surface area contributed by atoms with Crippen molar-refractivity contribution < 1.29 is 25.3 Å². The monoisotopic (exact) mass is 335 g/mol. The molecule has 1 saturated heterocycles. The standard InChI is InChI=1S/C7H17N3O6S3/c1-17(11,12)6-7-18(13,14)9-2-4-10(5-3-9)19(8,15)16/h2-7H2,1H3,(H2,8,15,16). The van der Waals surface area contributed by atoms with Gasteiger partial charge in [-0.1, -0.05) is 0 Å². The molecule has 0 saturated carbocycles. The quantitative estimate of drug-likeness (QED) is 0.576. The summed E-state index contributed by atoms with van der Waals surface area (Å²) in [6.45, 7) is -0.112. The summed E-state index contributed by atoms with van der Waals surface area (Å²) < 4.78 is 69.8. The van der Waals surface area contributed by atoms with Gasteiger partial charge in [-0.3, -0.25) is 0 Å². The average Bonchev–Trinajstić information content (AvgIpc) is 2.25. The van der Waals surface area contributed by atoms with Crippen molar-refractivity contribution in [2.75, 3.05) is 43.9 Å². The van der Waals surface area contributed by atoms with Crippen molar-refractivity contribution in [3.8, 4) is 0 Å². The summed E-state index contributed by atoms with van der Waals surface area (Å²) >= 11 is 0. The molecule has 2 N–H and O–H groups in total. The van der Waals surface area contributed by atoms with Crippen molar-refractivity contribution in [2.24, 2.45) is 5.14 Å². The smallest absolute Gasteiger partial charge is 0.229 e. The molecule has 0 aliphatic carbocycles. The maximum atomic E-state index is 11.9. The lowest BCUT2D eigenvalue weighted by Gasteiger charge is -2.32. The zero-order chi connectivity index (χ0) is 14.9. The van der Waals surface area contributed by atoms with Gasteiger partial charge in [-0.15, -0.1) is 0 Å². The normalized spacial score (nSPS) is 20.5. The van der Waals surface area contributed by atoms with E-state index in [1.54, 1.807) is 0 Å². The third kappa shape index (κ3) is 5.31. The summed E-state index contributed by atoms with van der Waals surface area (Å²) in [5, 5.41) is 4.93. The van der Waals surface area contributed by atoms with Crippen LogP contribution in [-0.4, -0.2) is 77.8 Å². The molecule has 9 nitrogen and oxygen atoms in total. The summed E-state index contributed by atoms with van der Waals surface area (Å²) in [7, 11) is -10.9. The van der Waals surface area contributed by atoms with Gasteiger partial charge in [0.05, 0.1) is 11.5 Å². The Labute approximate surface area is 113 Å². The topological polar surface area (TPSA) is 135 Å². The zero-order valence-electron chi connectivity index (χ0n) is 10.4. The van der Waals surface area contributed by atoms with Gasteiger partial charge in [0.2, 0.25) is 10.0 Å². The highest BCUT2D eigenvalue weighted by Crippen LogP contribution is 2.10. The third-order valence-electron chi connectivity index (χ3n) is 2.66. The molecule has 1 rings (SSSR count). The van der Waals surface area contributed by atoms with Gasteiger partial charge in [-0.25, -0.2) is 22.0 Å². The lowest BCUT2D eigenvalue weighted by molar-refractivity contribution is 0.273. The summed E-state index contributed by atoms with van der Waals surface area (Å²) in [6, 6.07) is 0. The second-order valence-electron chi connectivity index (χ2n) is 4.29. The Kier molecular flexibility index (Phi) is 4.96. The summed E-state index contributed by atoms with van der Waals surface area (Å²) in [5.74, 6) is -0.952. The molecule has 1 heterocycles. The van der Waals surface area contributed by atoms with Crippen LogP contribution in [0.5, 0.6) is 0 Å². The second kappa shape index (κ2) is 5.61. The molecule has 0 aromatic rings. The van der Waals surface area contributed by atoms with Gasteiger partial charge >= 0.3 is 0 Å². The minimum absolute atomic E-state index is 0.0253. The SMILES string of the molecule is CS(=O)(=O)CCS(=O)(=O)N1CCN(S(N)(=O)=O)CC1. The highest BCUT2D eigenvalue weighted by atomic mass is 32.2. The van der Waals surface area contributed by atoms with Gasteiger partial charge in [0.25, 0.3) is 10.2 Å². The van der Waals surface area contributed by atoms with E-state index in [1.807, 2.05) is 0 Å². The van der Waals surface area contributed by atoms with Crippen LogP contribution >= 0.6 is 0 Å². The highest BCUT2D eigenvalue weighted by Gasteiger charge is 2.30. The number of piperazine rings is 1. The summed E-state index contributed by atoms with van der Waals surface area (Å²) in [5.41, 5.74) is 0. The fourth-order valence-corrected chi connectivity index (χ4v) is 5.29. The van der Waals surface area contributed by atoms with Crippen molar-refractivity contribution in [1.82, 2.24) is 8.61 Å². The number of sulfonamides is 1. The molecule has 0 spiro atoms. The lowest BCUT2D eigenvalue weighted by atomic mass is 10.4. The van der Waals surface area contributed by atoms with E-state index in [4.69, 9.17) is 5.14 Å². The Morgan fingerprint density at radius 1 is 0.842 bits per heavy atom. The molecule has 0 unspecified atom stereocenters. The average molecular weight is 335 g/mol. The summed E-state index contributed by atoms with van der Waals surface area (Å²) in [6.07, 6.45) is 0.960. The molecular formula is C7H17N3O6S3. The molecule has 0 bridgehead atoms. The maximum absolute atomic E-state index is 11.9. The van der Waals surface area contributed by atoms with Crippen LogP contribution in [0.25, 0.3) is 0 Å². The number of hydrogen-bond acceptors (Lipinski definition) is 6. The molecule has 0 atom stereocenters. The molecule has 114 valence electrons. The van der Waals surface area contributed by atoms with E-state index in [1.165, 1.54) is 0 Å². The molecular weight excluding hydrogens is 318 g/mol. The molecule has 0 amide bonds. The van der Waals surface area contributed by atoms with E-state index in [9.17, 15) is 25.3 Å². The van der Waals surface area contributed by atoms with Crippen LogP contribution in [-0.2, 0) is 30.1 Å². The molecule has 12 heteroatoms. The van der Waals surface area contributed by atoms with Crippen LogP contribution in [0.2, 0.25) is 0 Å². The first kappa shape index (κ1) is 16.8. The minimum atomic E-state index is -3.81. The number of rotatable bonds is 5. The zero-order valence-corrected chi connectivity index (χ0v) is 12.8. The van der Waals surface area contributed by atoms with Gasteiger partial charge in [-0.05, 0) is 0 Å². The first-order valence-electron chi connectivity index (χ1n) is 5.35. The third-order valence-corrected chi connectivity index (χ3v) is 6.82. The van der Waals surface area contributed by atoms with Crippen LogP contribution in [0.4, 0.5) is 0 Å². The largest absolute Gasteiger partial charge is 0.276 e. The number of nitrogens with two attached hydrogens (primary N) is 1. The maximum Gasteiger partial charge on any atom is 0.276 e. The Morgan fingerprint density at radius 2 is 1.26 bits per heavy atom. The van der Waals surface area contributed by atoms with Crippen LogP contribution in [0, 0.1) is 0 Å². The van der Waals surface area contributed by atoms with E-state index < -0.39 is 41.6 Å². The molecule has 1 aliphatic rings. The highest BCUT2D eigenvalue weighted by molar-refractivity contribution is 7.93. The second-order valence-corrected chi connectivity index (χ2v) is 10.2. The van der Waals surface area contributed by atoms with E-state index in [2.05, 4.69) is 0 Å². The lowest BCUT2D eigenvalue weighted by Crippen LogP contribution is -2.52. The van der Waals surface area contributed by atoms with E-state index in [0.29, 0.717) is 0 Å².